The number of esters is 1. The maximum atomic E-state index is 13.2. The second-order valence-electron chi connectivity index (χ2n) is 7.47. The van der Waals surface area contributed by atoms with Gasteiger partial charge in [0.15, 0.2) is 6.10 Å². The summed E-state index contributed by atoms with van der Waals surface area (Å²) in [4.78, 5) is 12.4. The van der Waals surface area contributed by atoms with E-state index < -0.39 is 29.0 Å². The molecule has 20 heavy (non-hydrogen) atoms. The minimum absolute atomic E-state index is 0.339. The summed E-state index contributed by atoms with van der Waals surface area (Å²) >= 11 is 0. The van der Waals surface area contributed by atoms with Gasteiger partial charge in [0.1, 0.15) is 0 Å². The molecule has 1 N–H and O–H groups in total. The summed E-state index contributed by atoms with van der Waals surface area (Å²) < 4.78 is 31.4. The summed E-state index contributed by atoms with van der Waals surface area (Å²) in [5.41, 5.74) is -1.50. The summed E-state index contributed by atoms with van der Waals surface area (Å²) in [7, 11) is 0. The van der Waals surface area contributed by atoms with Crippen LogP contribution in [0.5, 0.6) is 0 Å². The molecule has 114 valence electrons. The van der Waals surface area contributed by atoms with Crippen LogP contribution < -0.4 is 0 Å². The molecule has 3 unspecified atom stereocenters. The highest BCUT2D eigenvalue weighted by atomic mass is 19.3. The van der Waals surface area contributed by atoms with Gasteiger partial charge in [-0.1, -0.05) is 0 Å². The highest BCUT2D eigenvalue weighted by Gasteiger charge is 2.61. The summed E-state index contributed by atoms with van der Waals surface area (Å²) in [6.07, 6.45) is 2.89. The quantitative estimate of drug-likeness (QED) is 0.812. The normalized spacial score (nSPS) is 44.5. The Hall–Kier alpha value is -0.710. The lowest BCUT2D eigenvalue weighted by Gasteiger charge is -2.58. The Kier molecular flexibility index (Phi) is 2.96. The molecule has 4 aliphatic carbocycles. The Morgan fingerprint density at radius 2 is 1.85 bits per heavy atom. The first kappa shape index (κ1) is 14.2. The van der Waals surface area contributed by atoms with Crippen LogP contribution in [-0.2, 0) is 9.53 Å². The molecule has 5 heteroatoms. The van der Waals surface area contributed by atoms with E-state index in [9.17, 15) is 18.7 Å². The van der Waals surface area contributed by atoms with Gasteiger partial charge in [-0.25, -0.2) is 8.78 Å². The van der Waals surface area contributed by atoms with E-state index in [2.05, 4.69) is 0 Å². The minimum atomic E-state index is -3.03. The van der Waals surface area contributed by atoms with E-state index in [0.29, 0.717) is 31.1 Å². The molecule has 0 aromatic heterocycles. The van der Waals surface area contributed by atoms with Crippen LogP contribution in [0, 0.1) is 17.3 Å². The van der Waals surface area contributed by atoms with Crippen LogP contribution in [0.25, 0.3) is 0 Å². The zero-order valence-electron chi connectivity index (χ0n) is 12.0. The van der Waals surface area contributed by atoms with Crippen LogP contribution in [-0.4, -0.2) is 28.7 Å². The van der Waals surface area contributed by atoms with Gasteiger partial charge < -0.3 is 9.84 Å². The van der Waals surface area contributed by atoms with Gasteiger partial charge in [0.2, 0.25) is 0 Å². The number of ether oxygens (including phenoxy) is 1. The molecule has 0 heterocycles. The first-order chi connectivity index (χ1) is 9.12. The molecular formula is C15H22F2O3. The molecule has 4 rings (SSSR count). The number of hydrogen-bond acceptors (Lipinski definition) is 3. The van der Waals surface area contributed by atoms with Crippen molar-refractivity contribution in [3.8, 4) is 0 Å². The smallest absolute Gasteiger partial charge is 0.312 e. The largest absolute Gasteiger partial charge is 0.456 e. The van der Waals surface area contributed by atoms with Gasteiger partial charge in [-0.2, -0.15) is 0 Å². The fourth-order valence-electron chi connectivity index (χ4n) is 4.84. The van der Waals surface area contributed by atoms with Gasteiger partial charge in [0, 0.05) is 6.92 Å². The number of halogens is 2. The Morgan fingerprint density at radius 1 is 1.30 bits per heavy atom. The lowest BCUT2D eigenvalue weighted by atomic mass is 9.48. The number of hydrogen-bond donors (Lipinski definition) is 1. The first-order valence-electron chi connectivity index (χ1n) is 7.43. The number of rotatable bonds is 3. The van der Waals surface area contributed by atoms with Gasteiger partial charge >= 0.3 is 5.97 Å². The molecule has 0 radical (unpaired) electrons. The molecule has 4 saturated carbocycles. The van der Waals surface area contributed by atoms with Crippen molar-refractivity contribution < 1.29 is 23.4 Å². The molecule has 0 saturated heterocycles. The predicted molar refractivity (Wildman–Crippen MR) is 68.2 cm³/mol. The fourth-order valence-corrected chi connectivity index (χ4v) is 4.84. The maximum Gasteiger partial charge on any atom is 0.312 e. The lowest BCUT2D eigenvalue weighted by molar-refractivity contribution is -0.209. The van der Waals surface area contributed by atoms with Crippen molar-refractivity contribution in [1.82, 2.24) is 0 Å². The standard InChI is InChI=1S/C15H22F2O3/c1-9(13(2,16)17)20-12(18)14-4-10-3-11(5-14)7-15(19,6-10)8-14/h9-11,19H,3-8H2,1-2H3. The second-order valence-corrected chi connectivity index (χ2v) is 7.47. The number of carbonyl (C=O) groups is 1. The molecule has 0 aromatic rings. The Balaban J connectivity index is 1.78. The average molecular weight is 288 g/mol. The van der Waals surface area contributed by atoms with Crippen LogP contribution in [0.15, 0.2) is 0 Å². The molecule has 0 aromatic carbocycles. The zero-order chi connectivity index (χ0) is 14.8. The van der Waals surface area contributed by atoms with Crippen molar-refractivity contribution in [3.63, 3.8) is 0 Å². The number of aliphatic hydroxyl groups is 1. The molecule has 0 spiro atoms. The van der Waals surface area contributed by atoms with Crippen molar-refractivity contribution in [2.24, 2.45) is 17.3 Å². The topological polar surface area (TPSA) is 46.5 Å². The summed E-state index contributed by atoms with van der Waals surface area (Å²) in [6.45, 7) is 1.99. The van der Waals surface area contributed by atoms with E-state index in [1.807, 2.05) is 0 Å². The van der Waals surface area contributed by atoms with Gasteiger partial charge in [0.05, 0.1) is 11.0 Å². The molecule has 3 atom stereocenters. The van der Waals surface area contributed by atoms with E-state index in [1.165, 1.54) is 6.92 Å². The number of alkyl halides is 2. The zero-order valence-corrected chi connectivity index (χ0v) is 12.0. The molecule has 4 fully saturated rings. The van der Waals surface area contributed by atoms with Gasteiger partial charge in [0.25, 0.3) is 5.92 Å². The van der Waals surface area contributed by atoms with Gasteiger partial charge in [-0.05, 0) is 57.3 Å². The monoisotopic (exact) mass is 288 g/mol. The molecule has 0 aliphatic heterocycles. The van der Waals surface area contributed by atoms with Crippen molar-refractivity contribution in [1.29, 1.82) is 0 Å². The van der Waals surface area contributed by atoms with E-state index in [4.69, 9.17) is 4.74 Å². The summed E-state index contributed by atoms with van der Waals surface area (Å²) in [5, 5.41) is 10.6. The molecule has 4 bridgehead atoms. The number of carbonyl (C=O) groups excluding carboxylic acids is 1. The van der Waals surface area contributed by atoms with E-state index in [0.717, 1.165) is 26.2 Å². The predicted octanol–water partition coefficient (Wildman–Crippen LogP) is 2.90. The third-order valence-corrected chi connectivity index (χ3v) is 5.46. The third-order valence-electron chi connectivity index (χ3n) is 5.46. The Labute approximate surface area is 117 Å². The van der Waals surface area contributed by atoms with Crippen LogP contribution >= 0.6 is 0 Å². The molecule has 3 nitrogen and oxygen atoms in total. The highest BCUT2D eigenvalue weighted by Crippen LogP contribution is 2.62. The van der Waals surface area contributed by atoms with Crippen LogP contribution in [0.1, 0.15) is 52.4 Å². The SMILES string of the molecule is CC(OC(=O)C12CC3CC(CC(O)(C3)C1)C2)C(C)(F)F. The Bertz CT molecular complexity index is 415. The van der Waals surface area contributed by atoms with Crippen molar-refractivity contribution in [2.45, 2.75) is 70.0 Å². The van der Waals surface area contributed by atoms with Crippen molar-refractivity contribution in [2.75, 3.05) is 0 Å². The fraction of sp³-hybridized carbons (Fsp3) is 0.933. The van der Waals surface area contributed by atoms with E-state index >= 15 is 0 Å². The summed E-state index contributed by atoms with van der Waals surface area (Å²) in [6, 6.07) is 0. The minimum Gasteiger partial charge on any atom is -0.456 e. The van der Waals surface area contributed by atoms with Crippen molar-refractivity contribution >= 4 is 5.97 Å². The summed E-state index contributed by atoms with van der Waals surface area (Å²) in [5.74, 6) is -2.88. The van der Waals surface area contributed by atoms with Crippen LogP contribution in [0.3, 0.4) is 0 Å². The van der Waals surface area contributed by atoms with Crippen LogP contribution in [0.2, 0.25) is 0 Å². The van der Waals surface area contributed by atoms with Crippen LogP contribution in [0.4, 0.5) is 8.78 Å². The first-order valence-corrected chi connectivity index (χ1v) is 7.43. The highest BCUT2D eigenvalue weighted by molar-refractivity contribution is 5.78. The van der Waals surface area contributed by atoms with Gasteiger partial charge in [-0.3, -0.25) is 4.79 Å². The molecule has 4 aliphatic rings. The lowest BCUT2D eigenvalue weighted by Crippen LogP contribution is -2.59. The Morgan fingerprint density at radius 3 is 2.30 bits per heavy atom. The second kappa shape index (κ2) is 4.15. The van der Waals surface area contributed by atoms with E-state index in [-0.39, 0.29) is 0 Å². The average Bonchev–Trinajstić information content (AvgIpc) is 2.23. The molecule has 0 amide bonds. The third kappa shape index (κ3) is 2.24. The maximum absolute atomic E-state index is 13.2. The van der Waals surface area contributed by atoms with Crippen molar-refractivity contribution in [3.05, 3.63) is 0 Å². The van der Waals surface area contributed by atoms with Gasteiger partial charge in [-0.15, -0.1) is 0 Å². The van der Waals surface area contributed by atoms with E-state index in [1.54, 1.807) is 0 Å². The molecular weight excluding hydrogens is 266 g/mol.